The first-order valence-electron chi connectivity index (χ1n) is 10.2. The van der Waals surface area contributed by atoms with E-state index < -0.39 is 0 Å². The van der Waals surface area contributed by atoms with E-state index in [0.717, 1.165) is 34.3 Å². The standard InChI is InChI=1S/C23H27N3O2S/c1-25-14-6-5-8-17(25)13-15-29-23-24-21-12-4-3-11-20(21)22(27)26(23)18-9-7-10-19(16-18)28-2/h3-4,7,9-12,16-17H,5-6,8,13-15H2,1-2H3. The molecule has 1 fully saturated rings. The van der Waals surface area contributed by atoms with Crippen molar-refractivity contribution in [3.8, 4) is 11.4 Å². The van der Waals surface area contributed by atoms with Crippen LogP contribution in [0.25, 0.3) is 16.6 Å². The maximum absolute atomic E-state index is 13.3. The van der Waals surface area contributed by atoms with Gasteiger partial charge in [0.2, 0.25) is 0 Å². The molecule has 0 spiro atoms. The molecule has 29 heavy (non-hydrogen) atoms. The van der Waals surface area contributed by atoms with Gasteiger partial charge in [-0.15, -0.1) is 0 Å². The van der Waals surface area contributed by atoms with Gasteiger partial charge in [-0.3, -0.25) is 9.36 Å². The first-order chi connectivity index (χ1) is 14.2. The van der Waals surface area contributed by atoms with Crippen LogP contribution < -0.4 is 10.3 Å². The van der Waals surface area contributed by atoms with Crippen LogP contribution >= 0.6 is 11.8 Å². The minimum atomic E-state index is -0.0406. The molecule has 3 aromatic rings. The number of thioether (sulfide) groups is 1. The number of nitrogens with zero attached hydrogens (tertiary/aromatic N) is 3. The average molecular weight is 410 g/mol. The number of hydrogen-bond donors (Lipinski definition) is 0. The van der Waals surface area contributed by atoms with E-state index in [9.17, 15) is 4.79 Å². The van der Waals surface area contributed by atoms with Crippen molar-refractivity contribution in [2.24, 2.45) is 0 Å². The third-order valence-corrected chi connectivity index (χ3v) is 6.63. The van der Waals surface area contributed by atoms with Crippen LogP contribution in [0, 0.1) is 0 Å². The highest BCUT2D eigenvalue weighted by Gasteiger charge is 2.19. The Labute approximate surface area is 175 Å². The largest absolute Gasteiger partial charge is 0.497 e. The molecule has 1 aliphatic rings. The number of para-hydroxylation sites is 1. The van der Waals surface area contributed by atoms with Crippen molar-refractivity contribution in [3.63, 3.8) is 0 Å². The monoisotopic (exact) mass is 409 g/mol. The van der Waals surface area contributed by atoms with Crippen molar-refractivity contribution >= 4 is 22.7 Å². The Morgan fingerprint density at radius 3 is 2.86 bits per heavy atom. The third kappa shape index (κ3) is 4.33. The van der Waals surface area contributed by atoms with Crippen molar-refractivity contribution in [2.45, 2.75) is 36.9 Å². The zero-order valence-electron chi connectivity index (χ0n) is 17.0. The van der Waals surface area contributed by atoms with E-state index in [4.69, 9.17) is 9.72 Å². The quantitative estimate of drug-likeness (QED) is 0.447. The molecule has 1 saturated heterocycles. The fraction of sp³-hybridized carbons (Fsp3) is 0.391. The highest BCUT2D eigenvalue weighted by atomic mass is 32.2. The van der Waals surface area contributed by atoms with Crippen LogP contribution in [0.3, 0.4) is 0 Å². The molecular formula is C23H27N3O2S. The van der Waals surface area contributed by atoms with Gasteiger partial charge in [0, 0.05) is 17.9 Å². The van der Waals surface area contributed by atoms with Crippen molar-refractivity contribution < 1.29 is 4.74 Å². The Kier molecular flexibility index (Phi) is 6.21. The maximum atomic E-state index is 13.3. The van der Waals surface area contributed by atoms with Crippen LogP contribution in [0.4, 0.5) is 0 Å². The summed E-state index contributed by atoms with van der Waals surface area (Å²) in [6.07, 6.45) is 4.96. The maximum Gasteiger partial charge on any atom is 0.266 e. The second kappa shape index (κ2) is 9.01. The highest BCUT2D eigenvalue weighted by Crippen LogP contribution is 2.26. The molecule has 1 aromatic heterocycles. The second-order valence-electron chi connectivity index (χ2n) is 7.52. The summed E-state index contributed by atoms with van der Waals surface area (Å²) < 4.78 is 7.09. The molecule has 0 saturated carbocycles. The number of benzene rings is 2. The van der Waals surface area contributed by atoms with Crippen LogP contribution in [-0.4, -0.2) is 46.9 Å². The highest BCUT2D eigenvalue weighted by molar-refractivity contribution is 7.99. The van der Waals surface area contributed by atoms with E-state index in [1.165, 1.54) is 25.8 Å². The number of ether oxygens (including phenoxy) is 1. The first kappa shape index (κ1) is 20.0. The van der Waals surface area contributed by atoms with Gasteiger partial charge in [0.05, 0.1) is 23.7 Å². The molecule has 6 heteroatoms. The van der Waals surface area contributed by atoms with E-state index >= 15 is 0 Å². The van der Waals surface area contributed by atoms with Crippen molar-refractivity contribution in [1.82, 2.24) is 14.5 Å². The minimum absolute atomic E-state index is 0.0406. The van der Waals surface area contributed by atoms with Gasteiger partial charge in [0.15, 0.2) is 5.16 Å². The van der Waals surface area contributed by atoms with Crippen molar-refractivity contribution in [3.05, 3.63) is 58.9 Å². The van der Waals surface area contributed by atoms with E-state index in [-0.39, 0.29) is 5.56 Å². The summed E-state index contributed by atoms with van der Waals surface area (Å²) in [6.45, 7) is 1.18. The summed E-state index contributed by atoms with van der Waals surface area (Å²) in [6, 6.07) is 15.8. The lowest BCUT2D eigenvalue weighted by Gasteiger charge is -2.32. The van der Waals surface area contributed by atoms with E-state index in [1.807, 2.05) is 48.5 Å². The number of piperidine rings is 1. The van der Waals surface area contributed by atoms with Crippen LogP contribution in [0.1, 0.15) is 25.7 Å². The Bertz CT molecular complexity index is 1050. The molecule has 5 nitrogen and oxygen atoms in total. The zero-order chi connectivity index (χ0) is 20.2. The van der Waals surface area contributed by atoms with Crippen LogP contribution in [0.2, 0.25) is 0 Å². The topological polar surface area (TPSA) is 47.4 Å². The second-order valence-corrected chi connectivity index (χ2v) is 8.58. The number of hydrogen-bond acceptors (Lipinski definition) is 5. The predicted octanol–water partition coefficient (Wildman–Crippen LogP) is 4.36. The lowest BCUT2D eigenvalue weighted by atomic mass is 10.0. The number of fused-ring (bicyclic) bond motifs is 1. The Morgan fingerprint density at radius 2 is 2.03 bits per heavy atom. The van der Waals surface area contributed by atoms with Gasteiger partial charge in [-0.2, -0.15) is 0 Å². The van der Waals surface area contributed by atoms with Gasteiger partial charge >= 0.3 is 0 Å². The lowest BCUT2D eigenvalue weighted by Crippen LogP contribution is -2.36. The van der Waals surface area contributed by atoms with Gasteiger partial charge in [-0.1, -0.05) is 36.4 Å². The fourth-order valence-corrected chi connectivity index (χ4v) is 5.03. The Morgan fingerprint density at radius 1 is 1.17 bits per heavy atom. The molecule has 152 valence electrons. The summed E-state index contributed by atoms with van der Waals surface area (Å²) >= 11 is 1.66. The molecule has 2 aromatic carbocycles. The number of likely N-dealkylation sites (tertiary alicyclic amines) is 1. The predicted molar refractivity (Wildman–Crippen MR) is 120 cm³/mol. The van der Waals surface area contributed by atoms with E-state index in [2.05, 4.69) is 11.9 Å². The first-order valence-corrected chi connectivity index (χ1v) is 11.1. The summed E-state index contributed by atoms with van der Waals surface area (Å²) in [5, 5.41) is 1.37. The van der Waals surface area contributed by atoms with Gasteiger partial charge < -0.3 is 9.64 Å². The fourth-order valence-electron chi connectivity index (χ4n) is 3.98. The van der Waals surface area contributed by atoms with Crippen LogP contribution in [-0.2, 0) is 0 Å². The Hall–Kier alpha value is -2.31. The molecule has 4 rings (SSSR count). The normalized spacial score (nSPS) is 17.5. The van der Waals surface area contributed by atoms with Gasteiger partial charge in [0.1, 0.15) is 5.75 Å². The van der Waals surface area contributed by atoms with Gasteiger partial charge in [-0.25, -0.2) is 4.98 Å². The van der Waals surface area contributed by atoms with Gasteiger partial charge in [-0.05, 0) is 57.1 Å². The third-order valence-electron chi connectivity index (χ3n) is 5.66. The van der Waals surface area contributed by atoms with Crippen molar-refractivity contribution in [1.29, 1.82) is 0 Å². The number of aromatic nitrogens is 2. The number of methoxy groups -OCH3 is 1. The SMILES string of the molecule is COc1cccc(-n2c(SCCC3CCCCN3C)nc3ccccc3c2=O)c1. The molecule has 0 aliphatic carbocycles. The smallest absolute Gasteiger partial charge is 0.266 e. The van der Waals surface area contributed by atoms with Gasteiger partial charge in [0.25, 0.3) is 5.56 Å². The zero-order valence-corrected chi connectivity index (χ0v) is 17.8. The summed E-state index contributed by atoms with van der Waals surface area (Å²) in [7, 11) is 3.85. The molecule has 0 bridgehead atoms. The lowest BCUT2D eigenvalue weighted by molar-refractivity contribution is 0.182. The number of rotatable bonds is 6. The molecule has 0 N–H and O–H groups in total. The van der Waals surface area contributed by atoms with E-state index in [1.54, 1.807) is 23.4 Å². The average Bonchev–Trinajstić information content (AvgIpc) is 2.75. The molecule has 1 unspecified atom stereocenters. The minimum Gasteiger partial charge on any atom is -0.497 e. The molecule has 1 atom stereocenters. The molecule has 0 radical (unpaired) electrons. The van der Waals surface area contributed by atoms with Crippen LogP contribution in [0.15, 0.2) is 58.5 Å². The summed E-state index contributed by atoms with van der Waals surface area (Å²) in [5.41, 5.74) is 1.49. The van der Waals surface area contributed by atoms with Crippen molar-refractivity contribution in [2.75, 3.05) is 26.5 Å². The molecule has 0 amide bonds. The molecular weight excluding hydrogens is 382 g/mol. The van der Waals surface area contributed by atoms with Crippen LogP contribution in [0.5, 0.6) is 5.75 Å². The Balaban J connectivity index is 1.68. The molecule has 2 heterocycles. The molecule has 1 aliphatic heterocycles. The van der Waals surface area contributed by atoms with E-state index in [0.29, 0.717) is 11.4 Å². The summed E-state index contributed by atoms with van der Waals surface area (Å²) in [5.74, 6) is 1.66. The summed E-state index contributed by atoms with van der Waals surface area (Å²) in [4.78, 5) is 20.6.